The predicted molar refractivity (Wildman–Crippen MR) is 203 cm³/mol. The Bertz CT molecular complexity index is 1130. The zero-order chi connectivity index (χ0) is 38.0. The van der Waals surface area contributed by atoms with Gasteiger partial charge in [0.25, 0.3) is 0 Å². The Morgan fingerprint density at radius 2 is 1.45 bits per heavy atom. The minimum Gasteiger partial charge on any atom is -0.512 e. The normalized spacial score (nSPS) is 30.1. The number of rotatable bonds is 22. The number of aliphatic hydroxyl groups excluding tert-OH is 4. The van der Waals surface area contributed by atoms with Crippen molar-refractivity contribution in [3.8, 4) is 0 Å². The zero-order valence-corrected chi connectivity index (χ0v) is 35.7. The molecule has 9 nitrogen and oxygen atoms in total. The third-order valence-electron chi connectivity index (χ3n) is 11.9. The van der Waals surface area contributed by atoms with Crippen molar-refractivity contribution in [1.29, 1.82) is 0 Å². The average molecular weight is 749 g/mol. The van der Waals surface area contributed by atoms with E-state index in [0.717, 1.165) is 38.5 Å². The van der Waals surface area contributed by atoms with E-state index in [4.69, 9.17) is 14.6 Å². The van der Waals surface area contributed by atoms with E-state index in [0.29, 0.717) is 25.7 Å². The Labute approximate surface area is 339 Å². The minimum atomic E-state index is -0.781. The molecule has 0 amide bonds. The van der Waals surface area contributed by atoms with Gasteiger partial charge in [0, 0.05) is 73.9 Å². The second-order valence-electron chi connectivity index (χ2n) is 17.1. The molecular weight excluding hydrogens is 677 g/mol. The second kappa shape index (κ2) is 22.1. The molecular formula is C41H72CaO9. The molecule has 0 aromatic heterocycles. The molecule has 0 bridgehead atoms. The average Bonchev–Trinajstić information content (AvgIpc) is 3.63. The van der Waals surface area contributed by atoms with Gasteiger partial charge in [-0.3, -0.25) is 9.59 Å². The summed E-state index contributed by atoms with van der Waals surface area (Å²) in [5, 5.41) is 51.9. The predicted octanol–water partition coefficient (Wildman–Crippen LogP) is 7.42. The number of hydrogen-bond donors (Lipinski definition) is 5. The van der Waals surface area contributed by atoms with E-state index in [1.54, 1.807) is 6.92 Å². The first-order valence-electron chi connectivity index (χ1n) is 19.4. The van der Waals surface area contributed by atoms with Gasteiger partial charge in [0.15, 0.2) is 5.78 Å². The van der Waals surface area contributed by atoms with Crippen LogP contribution in [-0.4, -0.2) is 117 Å². The molecule has 14 atom stereocenters. The van der Waals surface area contributed by atoms with Crippen LogP contribution in [0.4, 0.5) is 0 Å². The molecule has 2 radical (unpaired) electrons. The summed E-state index contributed by atoms with van der Waals surface area (Å²) in [5.74, 6) is -0.810. The maximum Gasteiger partial charge on any atom is 0.303 e. The number of ketones is 1. The summed E-state index contributed by atoms with van der Waals surface area (Å²) in [6.07, 6.45) is 10.8. The summed E-state index contributed by atoms with van der Waals surface area (Å²) in [6, 6.07) is 0. The molecule has 0 aromatic rings. The van der Waals surface area contributed by atoms with Crippen molar-refractivity contribution in [3.63, 3.8) is 0 Å². The van der Waals surface area contributed by atoms with E-state index < -0.39 is 35.5 Å². The van der Waals surface area contributed by atoms with Crippen molar-refractivity contribution in [1.82, 2.24) is 0 Å². The third-order valence-corrected chi connectivity index (χ3v) is 11.9. The van der Waals surface area contributed by atoms with Gasteiger partial charge in [0.2, 0.25) is 0 Å². The number of hydrogen-bond acceptors (Lipinski definition) is 8. The van der Waals surface area contributed by atoms with Crippen LogP contribution in [-0.2, 0) is 19.1 Å². The summed E-state index contributed by atoms with van der Waals surface area (Å²) < 4.78 is 12.7. The van der Waals surface area contributed by atoms with E-state index in [1.165, 1.54) is 6.08 Å². The Hall–Kier alpha value is -0.520. The molecule has 0 saturated carbocycles. The Morgan fingerprint density at radius 1 is 0.824 bits per heavy atom. The molecule has 5 N–H and O–H groups in total. The zero-order valence-electron chi connectivity index (χ0n) is 33.5. The molecule has 51 heavy (non-hydrogen) atoms. The van der Waals surface area contributed by atoms with Gasteiger partial charge in [-0.25, -0.2) is 0 Å². The maximum atomic E-state index is 12.8. The number of carboxylic acids is 1. The van der Waals surface area contributed by atoms with Crippen molar-refractivity contribution >= 4 is 49.5 Å². The van der Waals surface area contributed by atoms with Crippen LogP contribution >= 0.6 is 0 Å². The molecule has 2 rings (SSSR count). The van der Waals surface area contributed by atoms with Crippen LogP contribution in [0.5, 0.6) is 0 Å². The topological polar surface area (TPSA) is 154 Å². The molecule has 14 unspecified atom stereocenters. The van der Waals surface area contributed by atoms with Crippen LogP contribution in [0.1, 0.15) is 140 Å². The number of carbonyl (C=O) groups excluding carboxylic acids is 1. The molecule has 2 heterocycles. The molecule has 292 valence electrons. The summed E-state index contributed by atoms with van der Waals surface area (Å²) >= 11 is 0. The summed E-state index contributed by atoms with van der Waals surface area (Å²) in [6.45, 7) is 19.7. The molecule has 2 saturated heterocycles. The second-order valence-corrected chi connectivity index (χ2v) is 17.1. The Balaban J connectivity index is 0.0000130. The number of carbonyl (C=O) groups is 2. The monoisotopic (exact) mass is 748 g/mol. The molecule has 10 heteroatoms. The molecule has 2 aliphatic heterocycles. The van der Waals surface area contributed by atoms with E-state index in [2.05, 4.69) is 33.8 Å². The fourth-order valence-corrected chi connectivity index (χ4v) is 8.02. The molecule has 2 fully saturated rings. The summed E-state index contributed by atoms with van der Waals surface area (Å²) in [7, 11) is 0. The minimum absolute atomic E-state index is 0. The van der Waals surface area contributed by atoms with E-state index in [1.807, 2.05) is 40.7 Å². The van der Waals surface area contributed by atoms with Crippen molar-refractivity contribution < 1.29 is 44.6 Å². The smallest absolute Gasteiger partial charge is 0.303 e. The van der Waals surface area contributed by atoms with Crippen LogP contribution < -0.4 is 0 Å². The molecule has 0 spiro atoms. The third kappa shape index (κ3) is 15.6. The van der Waals surface area contributed by atoms with E-state index in [9.17, 15) is 30.0 Å². The van der Waals surface area contributed by atoms with Crippen molar-refractivity contribution in [2.45, 2.75) is 182 Å². The van der Waals surface area contributed by atoms with Gasteiger partial charge in [-0.05, 0) is 103 Å². The van der Waals surface area contributed by atoms with Crippen molar-refractivity contribution in [2.75, 3.05) is 0 Å². The first-order chi connectivity index (χ1) is 23.2. The van der Waals surface area contributed by atoms with E-state index >= 15 is 0 Å². The van der Waals surface area contributed by atoms with Gasteiger partial charge >= 0.3 is 5.97 Å². The molecule has 0 aliphatic carbocycles. The van der Waals surface area contributed by atoms with Crippen LogP contribution in [0.15, 0.2) is 24.0 Å². The van der Waals surface area contributed by atoms with Gasteiger partial charge in [0.1, 0.15) is 0 Å². The van der Waals surface area contributed by atoms with Gasteiger partial charge < -0.3 is 35.0 Å². The van der Waals surface area contributed by atoms with Gasteiger partial charge in [-0.15, -0.1) is 0 Å². The number of allylic oxidation sites excluding steroid dienone is 3. The van der Waals surface area contributed by atoms with Crippen LogP contribution in [0, 0.1) is 41.4 Å². The number of carboxylic acid groups (broad SMARTS) is 1. The SMILES string of the molecule is CC(CCC(=O)O)CC(C)CC(C)C(=O)C=C(O)C(C)CC(C)CC=CC(C)C(O)C(C)C(O)CC1CCC(C)(C2CCC(C)(C(C)O)O2)O1.[Ca]. The largest absolute Gasteiger partial charge is 0.512 e. The van der Waals surface area contributed by atoms with Crippen LogP contribution in [0.25, 0.3) is 0 Å². The van der Waals surface area contributed by atoms with Crippen LogP contribution in [0.2, 0.25) is 0 Å². The molecule has 0 aromatic carbocycles. The summed E-state index contributed by atoms with van der Waals surface area (Å²) in [4.78, 5) is 23.7. The van der Waals surface area contributed by atoms with Gasteiger partial charge in [-0.2, -0.15) is 0 Å². The van der Waals surface area contributed by atoms with Gasteiger partial charge in [-0.1, -0.05) is 60.6 Å². The van der Waals surface area contributed by atoms with Gasteiger partial charge in [0.05, 0.1) is 47.5 Å². The van der Waals surface area contributed by atoms with Crippen molar-refractivity contribution in [2.24, 2.45) is 41.4 Å². The van der Waals surface area contributed by atoms with Crippen molar-refractivity contribution in [3.05, 3.63) is 24.0 Å². The number of aliphatic carboxylic acids is 1. The number of ether oxygens (including phenoxy) is 2. The fourth-order valence-electron chi connectivity index (χ4n) is 8.02. The Morgan fingerprint density at radius 3 is 2.04 bits per heavy atom. The standard InChI is InChI=1S/C41H72O9.Ca/c1-25(21-29(5)34(43)24-35(44)30(6)22-27(3)20-26(2)14-15-38(46)47)12-11-13-28(4)39(48)31(7)36(45)23-33-16-18-41(10,49-33)37-17-19-40(9,50-37)32(8)42;/h11,13,24-33,36-37,39,42-43,45,48H,12,14-23H2,1-10H3,(H,46,47);. The maximum absolute atomic E-state index is 12.8. The quantitative estimate of drug-likeness (QED) is 0.0330. The first-order valence-corrected chi connectivity index (χ1v) is 19.4. The Kier molecular flexibility index (Phi) is 21.1. The first kappa shape index (κ1) is 48.5. The fraction of sp³-hybridized carbons (Fsp3) is 0.854. The number of aliphatic hydroxyl groups is 4. The molecule has 2 aliphatic rings. The van der Waals surface area contributed by atoms with E-state index in [-0.39, 0.29) is 109 Å². The summed E-state index contributed by atoms with van der Waals surface area (Å²) in [5.41, 5.74) is -1.01. The van der Waals surface area contributed by atoms with Crippen LogP contribution in [0.3, 0.4) is 0 Å².